The second-order valence-corrected chi connectivity index (χ2v) is 18.1. The largest absolute Gasteiger partial charge is 0.310 e. The molecule has 13 rings (SSSR count). The van der Waals surface area contributed by atoms with Gasteiger partial charge < -0.3 is 9.47 Å². The van der Waals surface area contributed by atoms with Crippen molar-refractivity contribution in [3.63, 3.8) is 0 Å². The zero-order chi connectivity index (χ0) is 43.2. The fraction of sp³-hybridized carbons (Fsp3) is 0.0476. The lowest BCUT2D eigenvalue weighted by Crippen LogP contribution is -2.17. The first-order valence-electron chi connectivity index (χ1n) is 22.7. The highest BCUT2D eigenvalue weighted by molar-refractivity contribution is 6.14. The van der Waals surface area contributed by atoms with E-state index in [-0.39, 0.29) is 5.41 Å². The van der Waals surface area contributed by atoms with E-state index in [4.69, 9.17) is 0 Å². The van der Waals surface area contributed by atoms with E-state index in [1.165, 1.54) is 104 Å². The van der Waals surface area contributed by atoms with Crippen LogP contribution in [0.25, 0.3) is 93.2 Å². The maximum absolute atomic E-state index is 2.45. The van der Waals surface area contributed by atoms with E-state index >= 15 is 0 Å². The van der Waals surface area contributed by atoms with Crippen molar-refractivity contribution >= 4 is 71.2 Å². The Balaban J connectivity index is 0.952. The molecular formula is C63H44N2. The number of hydrogen-bond acceptors (Lipinski definition) is 1. The van der Waals surface area contributed by atoms with Gasteiger partial charge in [-0.15, -0.1) is 0 Å². The molecule has 0 saturated carbocycles. The molecule has 1 heterocycles. The lowest BCUT2D eigenvalue weighted by atomic mass is 9.82. The smallest absolute Gasteiger partial charge is 0.0541 e. The van der Waals surface area contributed by atoms with Gasteiger partial charge in [0.2, 0.25) is 0 Å². The minimum atomic E-state index is -0.243. The molecule has 306 valence electrons. The summed E-state index contributed by atoms with van der Waals surface area (Å²) in [7, 11) is 0. The highest BCUT2D eigenvalue weighted by atomic mass is 15.1. The van der Waals surface area contributed by atoms with Gasteiger partial charge in [0.15, 0.2) is 0 Å². The average molecular weight is 829 g/mol. The molecule has 0 fully saturated rings. The van der Waals surface area contributed by atoms with Crippen LogP contribution in [0.1, 0.15) is 25.0 Å². The van der Waals surface area contributed by atoms with Crippen molar-refractivity contribution in [2.45, 2.75) is 19.3 Å². The topological polar surface area (TPSA) is 8.17 Å². The number of nitrogens with zero attached hydrogens (tertiary/aromatic N) is 2. The number of aromatic nitrogens is 1. The molecule has 11 aromatic carbocycles. The van der Waals surface area contributed by atoms with Gasteiger partial charge in [0, 0.05) is 38.9 Å². The van der Waals surface area contributed by atoms with Crippen LogP contribution in [0.2, 0.25) is 0 Å². The molecule has 0 radical (unpaired) electrons. The molecule has 1 aromatic heterocycles. The Kier molecular flexibility index (Phi) is 8.29. The van der Waals surface area contributed by atoms with Crippen LogP contribution in [-0.2, 0) is 5.41 Å². The third kappa shape index (κ3) is 5.88. The summed E-state index contributed by atoms with van der Waals surface area (Å²) in [6, 6.07) is 85.3. The Bertz CT molecular complexity index is 3810. The van der Waals surface area contributed by atoms with Crippen LogP contribution in [-0.4, -0.2) is 4.57 Å². The first-order chi connectivity index (χ1) is 32.0. The lowest BCUT2D eigenvalue weighted by molar-refractivity contribution is 0.660. The highest BCUT2D eigenvalue weighted by Crippen LogP contribution is 2.52. The SMILES string of the molecule is CC1(C)c2cc(N(c3ccc(-c4ccc5ccccc5c4)cc3)c3cccc(-c4cc5ccccc5c5ccccc45)c3)ccc2-c2ccc(-n3c4ccccc4c4ccccc43)cc21. The van der Waals surface area contributed by atoms with Gasteiger partial charge >= 0.3 is 0 Å². The highest BCUT2D eigenvalue weighted by Gasteiger charge is 2.36. The van der Waals surface area contributed by atoms with Crippen molar-refractivity contribution in [3.05, 3.63) is 242 Å². The summed E-state index contributed by atoms with van der Waals surface area (Å²) in [5, 5.41) is 10.1. The van der Waals surface area contributed by atoms with Crippen molar-refractivity contribution in [1.82, 2.24) is 4.57 Å². The Morgan fingerprint density at radius 3 is 1.65 bits per heavy atom. The number of fused-ring (bicyclic) bond motifs is 10. The van der Waals surface area contributed by atoms with Crippen LogP contribution in [0.5, 0.6) is 0 Å². The average Bonchev–Trinajstić information content (AvgIpc) is 3.81. The predicted molar refractivity (Wildman–Crippen MR) is 276 cm³/mol. The van der Waals surface area contributed by atoms with Crippen LogP contribution >= 0.6 is 0 Å². The van der Waals surface area contributed by atoms with Gasteiger partial charge in [0.25, 0.3) is 0 Å². The standard InChI is InChI=1S/C63H44N2/c1-63(2)59-39-49(32-34-54(59)55-35-33-50(40-60(55)63)65-61-24-11-9-22-56(61)57-23-10-12-25-62(57)65)64(47-30-28-42(29-31-47)44-27-26-41-14-3-4-15-43(41)36-44)48-18-13-17-45(37-48)58-38-46-16-5-6-19-51(46)52-20-7-8-21-53(52)58/h3-40H,1-2H3. The molecule has 65 heavy (non-hydrogen) atoms. The quantitative estimate of drug-likeness (QED) is 0.152. The molecule has 0 aliphatic heterocycles. The maximum atomic E-state index is 2.45. The van der Waals surface area contributed by atoms with Crippen molar-refractivity contribution < 1.29 is 0 Å². The van der Waals surface area contributed by atoms with Crippen molar-refractivity contribution in [2.75, 3.05) is 4.90 Å². The third-order valence-corrected chi connectivity index (χ3v) is 14.1. The molecule has 0 N–H and O–H groups in total. The van der Waals surface area contributed by atoms with Crippen LogP contribution in [0.15, 0.2) is 231 Å². The molecule has 0 spiro atoms. The van der Waals surface area contributed by atoms with Gasteiger partial charge in [0.1, 0.15) is 0 Å². The van der Waals surface area contributed by atoms with E-state index in [1.54, 1.807) is 0 Å². The number of anilines is 3. The van der Waals surface area contributed by atoms with Crippen LogP contribution in [0.3, 0.4) is 0 Å². The van der Waals surface area contributed by atoms with Gasteiger partial charge in [-0.05, 0) is 150 Å². The van der Waals surface area contributed by atoms with E-state index in [1.807, 2.05) is 0 Å². The second kappa shape index (κ2) is 14.4. The fourth-order valence-electron chi connectivity index (χ4n) is 10.9. The second-order valence-electron chi connectivity index (χ2n) is 18.1. The molecule has 2 heteroatoms. The van der Waals surface area contributed by atoms with E-state index in [9.17, 15) is 0 Å². The maximum Gasteiger partial charge on any atom is 0.0541 e. The van der Waals surface area contributed by atoms with E-state index < -0.39 is 0 Å². The van der Waals surface area contributed by atoms with E-state index in [0.29, 0.717) is 0 Å². The molecule has 2 nitrogen and oxygen atoms in total. The third-order valence-electron chi connectivity index (χ3n) is 14.1. The Morgan fingerprint density at radius 1 is 0.323 bits per heavy atom. The van der Waals surface area contributed by atoms with Crippen molar-refractivity contribution in [1.29, 1.82) is 0 Å². The number of para-hydroxylation sites is 2. The normalized spacial score (nSPS) is 12.9. The van der Waals surface area contributed by atoms with Gasteiger partial charge in [-0.3, -0.25) is 0 Å². The van der Waals surface area contributed by atoms with Gasteiger partial charge in [-0.1, -0.05) is 172 Å². The predicted octanol–water partition coefficient (Wildman–Crippen LogP) is 17.4. The molecule has 0 unspecified atom stereocenters. The Morgan fingerprint density at radius 2 is 0.892 bits per heavy atom. The summed E-state index contributed by atoms with van der Waals surface area (Å²) in [6.07, 6.45) is 0. The summed E-state index contributed by atoms with van der Waals surface area (Å²) >= 11 is 0. The summed E-state index contributed by atoms with van der Waals surface area (Å²) in [6.45, 7) is 4.79. The molecule has 0 atom stereocenters. The molecular weight excluding hydrogens is 785 g/mol. The monoisotopic (exact) mass is 828 g/mol. The van der Waals surface area contributed by atoms with Crippen molar-refractivity contribution in [3.8, 4) is 39.1 Å². The summed E-state index contributed by atoms with van der Waals surface area (Å²) in [5.41, 5.74) is 16.9. The number of benzene rings is 11. The van der Waals surface area contributed by atoms with Gasteiger partial charge in [0.05, 0.1) is 11.0 Å². The Labute approximate surface area is 378 Å². The minimum Gasteiger partial charge on any atom is -0.310 e. The van der Waals surface area contributed by atoms with Crippen LogP contribution < -0.4 is 4.90 Å². The first-order valence-corrected chi connectivity index (χ1v) is 22.7. The van der Waals surface area contributed by atoms with Gasteiger partial charge in [-0.2, -0.15) is 0 Å². The summed E-state index contributed by atoms with van der Waals surface area (Å²) in [5.74, 6) is 0. The zero-order valence-electron chi connectivity index (χ0n) is 36.3. The van der Waals surface area contributed by atoms with E-state index in [2.05, 4.69) is 254 Å². The van der Waals surface area contributed by atoms with Crippen LogP contribution in [0, 0.1) is 0 Å². The lowest BCUT2D eigenvalue weighted by Gasteiger charge is -2.29. The molecule has 1 aliphatic carbocycles. The summed E-state index contributed by atoms with van der Waals surface area (Å²) in [4.78, 5) is 2.44. The Hall–Kier alpha value is -8.20. The molecule has 12 aromatic rings. The van der Waals surface area contributed by atoms with Crippen molar-refractivity contribution in [2.24, 2.45) is 0 Å². The fourth-order valence-corrected chi connectivity index (χ4v) is 10.9. The summed E-state index contributed by atoms with van der Waals surface area (Å²) < 4.78 is 2.44. The zero-order valence-corrected chi connectivity index (χ0v) is 36.3. The molecule has 0 amide bonds. The van der Waals surface area contributed by atoms with E-state index in [0.717, 1.165) is 17.1 Å². The molecule has 1 aliphatic rings. The number of hydrogen-bond donors (Lipinski definition) is 0. The number of rotatable bonds is 6. The first kappa shape index (κ1) is 37.4. The molecule has 0 saturated heterocycles. The van der Waals surface area contributed by atoms with Crippen LogP contribution in [0.4, 0.5) is 17.1 Å². The molecule has 0 bridgehead atoms. The minimum absolute atomic E-state index is 0.243. The van der Waals surface area contributed by atoms with Gasteiger partial charge in [-0.25, -0.2) is 0 Å².